The molecule has 0 saturated heterocycles. The van der Waals surface area contributed by atoms with Crippen molar-refractivity contribution in [2.24, 2.45) is 0 Å². The number of carbonyl (C=O) groups excluding carboxylic acids is 2. The highest BCUT2D eigenvalue weighted by molar-refractivity contribution is 5.96. The van der Waals surface area contributed by atoms with Gasteiger partial charge in [0, 0.05) is 41.0 Å². The second kappa shape index (κ2) is 15.8. The molecule has 6 aromatic rings. The van der Waals surface area contributed by atoms with E-state index in [1.165, 1.54) is 11.6 Å². The quantitative estimate of drug-likeness (QED) is 0.103. The maximum Gasteiger partial charge on any atom is 0.336 e. The Balaban J connectivity index is 1.21. The minimum absolute atomic E-state index is 0.156. The predicted molar refractivity (Wildman–Crippen MR) is 190 cm³/mol. The minimum atomic E-state index is -0.855. The Bertz CT molecular complexity index is 2070. The lowest BCUT2D eigenvalue weighted by Crippen LogP contribution is -2.43. The summed E-state index contributed by atoms with van der Waals surface area (Å²) >= 11 is 0. The fourth-order valence-corrected chi connectivity index (χ4v) is 5.87. The largest absolute Gasteiger partial charge is 0.489 e. The summed E-state index contributed by atoms with van der Waals surface area (Å²) in [6.07, 6.45) is 1.58. The first-order chi connectivity index (χ1) is 24.0. The number of esters is 1. The first kappa shape index (κ1) is 33.0. The highest BCUT2D eigenvalue weighted by atomic mass is 16.5. The van der Waals surface area contributed by atoms with E-state index in [4.69, 9.17) is 13.9 Å². The molecule has 1 atom stereocenters. The summed E-state index contributed by atoms with van der Waals surface area (Å²) in [6.45, 7) is 2.09. The average Bonchev–Trinajstić information content (AvgIpc) is 3.13. The molecule has 0 spiro atoms. The van der Waals surface area contributed by atoms with Crippen molar-refractivity contribution in [2.75, 3.05) is 6.61 Å². The fraction of sp³-hybridized carbons (Fsp3) is 0.167. The Morgan fingerprint density at radius 2 is 1.35 bits per heavy atom. The summed E-state index contributed by atoms with van der Waals surface area (Å²) in [5.41, 5.74) is 6.51. The summed E-state index contributed by atoms with van der Waals surface area (Å²) in [6, 6.07) is 41.2. The molecule has 0 bridgehead atoms. The molecular weight excluding hydrogens is 614 g/mol. The van der Waals surface area contributed by atoms with Gasteiger partial charge < -0.3 is 19.2 Å². The Morgan fingerprint density at radius 1 is 0.714 bits per heavy atom. The van der Waals surface area contributed by atoms with Crippen molar-refractivity contribution in [1.29, 1.82) is 0 Å². The van der Waals surface area contributed by atoms with Crippen LogP contribution in [0.25, 0.3) is 11.0 Å². The van der Waals surface area contributed by atoms with E-state index in [1.54, 1.807) is 31.2 Å². The van der Waals surface area contributed by atoms with Crippen molar-refractivity contribution in [3.63, 3.8) is 0 Å². The van der Waals surface area contributed by atoms with Crippen LogP contribution in [0.3, 0.4) is 0 Å². The van der Waals surface area contributed by atoms with Gasteiger partial charge in [0.15, 0.2) is 0 Å². The number of nitrogens with one attached hydrogen (secondary N) is 1. The Morgan fingerprint density at radius 3 is 2.00 bits per heavy atom. The summed E-state index contributed by atoms with van der Waals surface area (Å²) < 4.78 is 17.3. The lowest BCUT2D eigenvalue weighted by atomic mass is 9.92. The molecule has 1 unspecified atom stereocenters. The van der Waals surface area contributed by atoms with Crippen molar-refractivity contribution in [1.82, 2.24) is 5.32 Å². The van der Waals surface area contributed by atoms with Gasteiger partial charge in [0.1, 0.15) is 24.0 Å². The van der Waals surface area contributed by atoms with E-state index in [0.29, 0.717) is 29.7 Å². The number of carbonyl (C=O) groups is 2. The molecule has 0 saturated carbocycles. The van der Waals surface area contributed by atoms with Crippen LogP contribution >= 0.6 is 0 Å². The van der Waals surface area contributed by atoms with Gasteiger partial charge in [-0.3, -0.25) is 4.79 Å². The molecule has 1 aromatic heterocycles. The molecule has 7 nitrogen and oxygen atoms in total. The van der Waals surface area contributed by atoms with Gasteiger partial charge in [-0.15, -0.1) is 0 Å². The molecule has 0 aliphatic rings. The molecule has 0 fully saturated rings. The van der Waals surface area contributed by atoms with Gasteiger partial charge in [0.05, 0.1) is 6.61 Å². The summed E-state index contributed by atoms with van der Waals surface area (Å²) in [5, 5.41) is 3.63. The number of hydrogen-bond donors (Lipinski definition) is 1. The van der Waals surface area contributed by atoms with Gasteiger partial charge in [-0.25, -0.2) is 9.59 Å². The number of rotatable bonds is 13. The molecule has 0 radical (unpaired) electrons. The normalized spacial score (nSPS) is 11.5. The van der Waals surface area contributed by atoms with Gasteiger partial charge in [-0.2, -0.15) is 0 Å². The second-order valence-electron chi connectivity index (χ2n) is 11.8. The smallest absolute Gasteiger partial charge is 0.336 e. The van der Waals surface area contributed by atoms with Crippen LogP contribution in [-0.2, 0) is 35.4 Å². The molecule has 1 heterocycles. The van der Waals surface area contributed by atoms with Crippen LogP contribution in [0.5, 0.6) is 5.75 Å². The van der Waals surface area contributed by atoms with Gasteiger partial charge in [-0.1, -0.05) is 103 Å². The van der Waals surface area contributed by atoms with Crippen LogP contribution < -0.4 is 15.7 Å². The molecule has 1 amide bonds. The molecule has 246 valence electrons. The van der Waals surface area contributed by atoms with Gasteiger partial charge in [0.25, 0.3) is 5.91 Å². The van der Waals surface area contributed by atoms with E-state index in [2.05, 4.69) is 35.6 Å². The molecule has 7 heteroatoms. The van der Waals surface area contributed by atoms with Crippen molar-refractivity contribution < 1.29 is 23.5 Å². The van der Waals surface area contributed by atoms with E-state index in [-0.39, 0.29) is 25.5 Å². The molecule has 6 rings (SSSR count). The topological polar surface area (TPSA) is 94.8 Å². The minimum Gasteiger partial charge on any atom is -0.489 e. The van der Waals surface area contributed by atoms with Crippen molar-refractivity contribution in [2.45, 2.75) is 38.8 Å². The highest BCUT2D eigenvalue weighted by Gasteiger charge is 2.23. The monoisotopic (exact) mass is 651 g/mol. The standard InChI is InChI=1S/C42H37NO6/c1-2-47-42(46)38(43-41(45)32-16-10-5-11-17-32)26-31-18-21-35(22-19-31)48-28-34-27-39(44)49-40-36(34)23-20-33(24-29-12-6-3-7-13-29)37(40)25-30-14-8-4-9-15-30/h3-23,27,38H,2,24-26,28H2,1H3,(H,43,45). The van der Waals surface area contributed by atoms with Crippen LogP contribution in [0.1, 0.15) is 50.7 Å². The van der Waals surface area contributed by atoms with E-state index in [1.807, 2.05) is 72.8 Å². The van der Waals surface area contributed by atoms with E-state index >= 15 is 0 Å². The number of amides is 1. The fourth-order valence-electron chi connectivity index (χ4n) is 5.87. The number of ether oxygens (including phenoxy) is 2. The zero-order valence-corrected chi connectivity index (χ0v) is 27.3. The summed E-state index contributed by atoms with van der Waals surface area (Å²) in [5.74, 6) is -0.255. The third kappa shape index (κ3) is 8.51. The Labute approximate surface area is 285 Å². The average molecular weight is 652 g/mol. The number of benzene rings is 5. The molecular formula is C42H37NO6. The second-order valence-corrected chi connectivity index (χ2v) is 11.8. The highest BCUT2D eigenvalue weighted by Crippen LogP contribution is 2.29. The predicted octanol–water partition coefficient (Wildman–Crippen LogP) is 7.46. The first-order valence-electron chi connectivity index (χ1n) is 16.4. The van der Waals surface area contributed by atoms with Gasteiger partial charge in [0.2, 0.25) is 0 Å². The van der Waals surface area contributed by atoms with E-state index in [0.717, 1.165) is 33.2 Å². The van der Waals surface area contributed by atoms with Crippen LogP contribution in [0, 0.1) is 0 Å². The molecule has 0 aliphatic carbocycles. The van der Waals surface area contributed by atoms with Gasteiger partial charge in [-0.05, 0) is 59.9 Å². The Kier molecular flexibility index (Phi) is 10.6. The first-order valence-corrected chi connectivity index (χ1v) is 16.4. The summed E-state index contributed by atoms with van der Waals surface area (Å²) in [4.78, 5) is 38.4. The third-order valence-electron chi connectivity index (χ3n) is 8.33. The zero-order chi connectivity index (χ0) is 34.0. The summed E-state index contributed by atoms with van der Waals surface area (Å²) in [7, 11) is 0. The zero-order valence-electron chi connectivity index (χ0n) is 27.3. The van der Waals surface area contributed by atoms with Gasteiger partial charge >= 0.3 is 11.6 Å². The Hall–Kier alpha value is -5.95. The SMILES string of the molecule is CCOC(=O)C(Cc1ccc(OCc2cc(=O)oc3c(Cc4ccccc4)c(Cc4ccccc4)ccc23)cc1)NC(=O)c1ccccc1. The van der Waals surface area contributed by atoms with Crippen molar-refractivity contribution in [3.05, 3.63) is 183 Å². The van der Waals surface area contributed by atoms with Crippen LogP contribution in [0.4, 0.5) is 0 Å². The van der Waals surface area contributed by atoms with Crippen LogP contribution in [0.2, 0.25) is 0 Å². The molecule has 5 aromatic carbocycles. The molecule has 0 aliphatic heterocycles. The third-order valence-corrected chi connectivity index (χ3v) is 8.33. The van der Waals surface area contributed by atoms with Crippen LogP contribution in [0.15, 0.2) is 143 Å². The maximum atomic E-state index is 12.9. The van der Waals surface area contributed by atoms with E-state index < -0.39 is 17.6 Å². The molecule has 49 heavy (non-hydrogen) atoms. The number of fused-ring (bicyclic) bond motifs is 1. The lowest BCUT2D eigenvalue weighted by molar-refractivity contribution is -0.145. The van der Waals surface area contributed by atoms with E-state index in [9.17, 15) is 14.4 Å². The van der Waals surface area contributed by atoms with Crippen LogP contribution in [-0.4, -0.2) is 24.5 Å². The maximum absolute atomic E-state index is 12.9. The van der Waals surface area contributed by atoms with Crippen molar-refractivity contribution in [3.8, 4) is 5.75 Å². The molecule has 1 N–H and O–H groups in total. The lowest BCUT2D eigenvalue weighted by Gasteiger charge is -2.18. The van der Waals surface area contributed by atoms with Crippen molar-refractivity contribution >= 4 is 22.8 Å². The number of hydrogen-bond acceptors (Lipinski definition) is 6.